The number of nitrogens with one attached hydrogen (secondary N) is 1. The molecular formula is C24H31Cl3N4O. The van der Waals surface area contributed by atoms with E-state index in [0.717, 1.165) is 51.8 Å². The fraction of sp³-hybridized carbons (Fsp3) is 0.417. The molecule has 0 atom stereocenters. The van der Waals surface area contributed by atoms with Gasteiger partial charge in [-0.25, -0.2) is 0 Å². The molecule has 0 amide bonds. The molecule has 3 heterocycles. The fourth-order valence-corrected chi connectivity index (χ4v) is 4.69. The van der Waals surface area contributed by atoms with E-state index in [9.17, 15) is 4.79 Å². The number of hydrogen-bond acceptors (Lipinski definition) is 3. The number of hydrogen-bond donors (Lipinski definition) is 1. The lowest BCUT2D eigenvalue weighted by Gasteiger charge is -2.36. The van der Waals surface area contributed by atoms with Crippen molar-refractivity contribution in [1.82, 2.24) is 19.7 Å². The summed E-state index contributed by atoms with van der Waals surface area (Å²) in [4.78, 5) is 18.7. The number of pyridine rings is 1. The summed E-state index contributed by atoms with van der Waals surface area (Å²) < 4.78 is 1.97. The number of aromatic amines is 1. The molecule has 174 valence electrons. The van der Waals surface area contributed by atoms with Crippen LogP contribution in [0.4, 0.5) is 0 Å². The summed E-state index contributed by atoms with van der Waals surface area (Å²) in [5.74, 6) is 0. The zero-order chi connectivity index (χ0) is 21.8. The molecule has 0 spiro atoms. The molecule has 1 saturated heterocycles. The smallest absolute Gasteiger partial charge is 0.190 e. The molecule has 3 aromatic rings. The minimum atomic E-state index is -0.0387. The molecule has 5 nitrogen and oxygen atoms in total. The number of aromatic nitrogens is 3. The van der Waals surface area contributed by atoms with E-state index < -0.39 is 0 Å². The second-order valence-electron chi connectivity index (χ2n) is 9.53. The Hall–Kier alpha value is -1.79. The summed E-state index contributed by atoms with van der Waals surface area (Å²) in [6.07, 6.45) is 3.77. The average Bonchev–Trinajstić information content (AvgIpc) is 3.08. The highest BCUT2D eigenvalue weighted by molar-refractivity contribution is 6.31. The van der Waals surface area contributed by atoms with Gasteiger partial charge in [0.25, 0.3) is 0 Å². The van der Waals surface area contributed by atoms with Crippen LogP contribution in [0.5, 0.6) is 0 Å². The second-order valence-corrected chi connectivity index (χ2v) is 9.94. The Labute approximate surface area is 207 Å². The molecule has 1 aliphatic rings. The quantitative estimate of drug-likeness (QED) is 0.497. The third kappa shape index (κ3) is 4.91. The Bertz CT molecular complexity index is 1170. The van der Waals surface area contributed by atoms with Gasteiger partial charge in [-0.05, 0) is 43.5 Å². The standard InChI is InChI=1S/C24H29ClN4O.2ClH/c1-14-7-19(24(3,4)5)20(25)8-18(14)21-9-22(30)23(15(2)27-21)16-10-26-29(11-16)17-12-28(6)13-17;;/h7-11,17H,12-13H2,1-6H3,(H,27,30);2*1H. The predicted molar refractivity (Wildman–Crippen MR) is 138 cm³/mol. The molecule has 32 heavy (non-hydrogen) atoms. The van der Waals surface area contributed by atoms with Crippen LogP contribution in [0.3, 0.4) is 0 Å². The van der Waals surface area contributed by atoms with Crippen LogP contribution in [0.25, 0.3) is 22.4 Å². The van der Waals surface area contributed by atoms with Gasteiger partial charge in [-0.3, -0.25) is 9.48 Å². The maximum Gasteiger partial charge on any atom is 0.190 e. The zero-order valence-electron chi connectivity index (χ0n) is 19.3. The lowest BCUT2D eigenvalue weighted by Crippen LogP contribution is -2.45. The highest BCUT2D eigenvalue weighted by atomic mass is 35.5. The van der Waals surface area contributed by atoms with Crippen LogP contribution in [0.1, 0.15) is 43.6 Å². The molecule has 1 N–H and O–H groups in total. The van der Waals surface area contributed by atoms with Crippen LogP contribution in [0.2, 0.25) is 5.02 Å². The third-order valence-corrected chi connectivity index (χ3v) is 6.25. The van der Waals surface area contributed by atoms with Crippen molar-refractivity contribution in [2.75, 3.05) is 20.1 Å². The lowest BCUT2D eigenvalue weighted by atomic mass is 9.85. The molecule has 0 radical (unpaired) electrons. The van der Waals surface area contributed by atoms with E-state index in [1.807, 2.05) is 23.9 Å². The Kier molecular flexibility index (Phi) is 7.94. The van der Waals surface area contributed by atoms with E-state index in [0.29, 0.717) is 11.6 Å². The molecule has 1 aromatic carbocycles. The first-order valence-corrected chi connectivity index (χ1v) is 10.7. The summed E-state index contributed by atoms with van der Waals surface area (Å²) in [5.41, 5.74) is 6.25. The van der Waals surface area contributed by atoms with Crippen LogP contribution in [-0.2, 0) is 5.41 Å². The molecule has 1 fully saturated rings. The zero-order valence-corrected chi connectivity index (χ0v) is 21.7. The van der Waals surface area contributed by atoms with Gasteiger partial charge in [0.05, 0.1) is 17.8 Å². The van der Waals surface area contributed by atoms with Crippen molar-refractivity contribution < 1.29 is 0 Å². The minimum Gasteiger partial charge on any atom is -0.358 e. The largest absolute Gasteiger partial charge is 0.358 e. The number of aryl methyl sites for hydroxylation is 2. The summed E-state index contributed by atoms with van der Waals surface area (Å²) in [7, 11) is 2.09. The van der Waals surface area contributed by atoms with Gasteiger partial charge in [-0.1, -0.05) is 38.4 Å². The first-order chi connectivity index (χ1) is 14.0. The molecule has 2 aromatic heterocycles. The highest BCUT2D eigenvalue weighted by Gasteiger charge is 2.26. The Morgan fingerprint density at radius 2 is 1.78 bits per heavy atom. The van der Waals surface area contributed by atoms with Gasteiger partial charge in [0, 0.05) is 52.9 Å². The van der Waals surface area contributed by atoms with Crippen LogP contribution in [0, 0.1) is 13.8 Å². The van der Waals surface area contributed by atoms with E-state index in [1.54, 1.807) is 12.3 Å². The van der Waals surface area contributed by atoms with Crippen molar-refractivity contribution in [3.05, 3.63) is 62.7 Å². The maximum absolute atomic E-state index is 13.1. The number of benzene rings is 1. The second kappa shape index (κ2) is 9.60. The van der Waals surface area contributed by atoms with Gasteiger partial charge >= 0.3 is 0 Å². The first-order valence-electron chi connectivity index (χ1n) is 10.3. The monoisotopic (exact) mass is 496 g/mol. The van der Waals surface area contributed by atoms with E-state index in [4.69, 9.17) is 11.6 Å². The number of likely N-dealkylation sites (N-methyl/N-ethyl adjacent to an activating group) is 1. The number of nitrogens with zero attached hydrogens (tertiary/aromatic N) is 3. The number of halogens is 3. The van der Waals surface area contributed by atoms with Crippen LogP contribution in [-0.4, -0.2) is 39.8 Å². The number of H-pyrrole nitrogens is 1. The average molecular weight is 498 g/mol. The Balaban J connectivity index is 0.00000181. The fourth-order valence-electron chi connectivity index (χ4n) is 4.24. The number of rotatable bonds is 3. The molecule has 0 saturated carbocycles. The van der Waals surface area contributed by atoms with Gasteiger partial charge in [-0.15, -0.1) is 24.8 Å². The first kappa shape index (κ1) is 26.5. The van der Waals surface area contributed by atoms with E-state index in [1.165, 1.54) is 0 Å². The molecular weight excluding hydrogens is 467 g/mol. The molecule has 0 aliphatic carbocycles. The van der Waals surface area contributed by atoms with Crippen molar-refractivity contribution in [1.29, 1.82) is 0 Å². The van der Waals surface area contributed by atoms with E-state index in [-0.39, 0.29) is 35.7 Å². The van der Waals surface area contributed by atoms with Crippen molar-refractivity contribution >= 4 is 36.4 Å². The molecule has 4 rings (SSSR count). The van der Waals surface area contributed by atoms with Crippen LogP contribution >= 0.6 is 36.4 Å². The lowest BCUT2D eigenvalue weighted by molar-refractivity contribution is 0.130. The molecule has 0 unspecified atom stereocenters. The van der Waals surface area contributed by atoms with Gasteiger partial charge < -0.3 is 9.88 Å². The molecule has 0 bridgehead atoms. The SMILES string of the molecule is Cc1cc(C(C)(C)C)c(Cl)cc1-c1cc(=O)c(-c2cnn(C3CN(C)C3)c2)c(C)[nH]1.Cl.Cl. The Morgan fingerprint density at radius 3 is 2.34 bits per heavy atom. The van der Waals surface area contributed by atoms with E-state index in [2.05, 4.69) is 55.8 Å². The van der Waals surface area contributed by atoms with Crippen molar-refractivity contribution in [3.8, 4) is 22.4 Å². The summed E-state index contributed by atoms with van der Waals surface area (Å²) in [6.45, 7) is 12.4. The molecule has 1 aliphatic heterocycles. The van der Waals surface area contributed by atoms with Crippen molar-refractivity contribution in [2.45, 2.75) is 46.1 Å². The van der Waals surface area contributed by atoms with Crippen molar-refractivity contribution in [3.63, 3.8) is 0 Å². The van der Waals surface area contributed by atoms with Crippen molar-refractivity contribution in [2.24, 2.45) is 0 Å². The number of likely N-dealkylation sites (tertiary alicyclic amines) is 1. The topological polar surface area (TPSA) is 53.9 Å². The van der Waals surface area contributed by atoms with Crippen LogP contribution in [0.15, 0.2) is 35.4 Å². The highest BCUT2D eigenvalue weighted by Crippen LogP contribution is 2.35. The summed E-state index contributed by atoms with van der Waals surface area (Å²) in [5, 5.41) is 5.21. The summed E-state index contributed by atoms with van der Waals surface area (Å²) >= 11 is 6.60. The van der Waals surface area contributed by atoms with E-state index >= 15 is 0 Å². The Morgan fingerprint density at radius 1 is 1.12 bits per heavy atom. The summed E-state index contributed by atoms with van der Waals surface area (Å²) in [6, 6.07) is 6.14. The van der Waals surface area contributed by atoms with Gasteiger partial charge in [-0.2, -0.15) is 5.10 Å². The minimum absolute atomic E-state index is 0. The predicted octanol–water partition coefficient (Wildman–Crippen LogP) is 5.80. The normalized spacial score (nSPS) is 14.5. The van der Waals surface area contributed by atoms with Gasteiger partial charge in [0.1, 0.15) is 0 Å². The maximum atomic E-state index is 13.1. The molecule has 8 heteroatoms. The van der Waals surface area contributed by atoms with Gasteiger partial charge in [0.15, 0.2) is 5.43 Å². The van der Waals surface area contributed by atoms with Gasteiger partial charge in [0.2, 0.25) is 0 Å². The van der Waals surface area contributed by atoms with Crippen LogP contribution < -0.4 is 5.43 Å². The third-order valence-electron chi connectivity index (χ3n) is 5.94.